The third-order valence-corrected chi connectivity index (χ3v) is 2.95. The molecule has 0 radical (unpaired) electrons. The predicted octanol–water partition coefficient (Wildman–Crippen LogP) is 4.02. The number of halogens is 2. The van der Waals surface area contributed by atoms with Crippen LogP contribution in [0.2, 0.25) is 10.2 Å². The number of nitrogen functional groups attached to an aromatic ring is 1. The van der Waals surface area contributed by atoms with Crippen LogP contribution in [0.15, 0.2) is 30.3 Å². The Labute approximate surface area is 110 Å². The topological polar surface area (TPSA) is 50.9 Å². The van der Waals surface area contributed by atoms with Crippen molar-refractivity contribution in [2.75, 3.05) is 11.1 Å². The molecule has 0 bridgehead atoms. The minimum atomic E-state index is 0.354. The summed E-state index contributed by atoms with van der Waals surface area (Å²) in [5, 5.41) is 4.19. The van der Waals surface area contributed by atoms with Gasteiger partial charge in [-0.05, 0) is 30.7 Å². The van der Waals surface area contributed by atoms with Gasteiger partial charge in [-0.2, -0.15) is 0 Å². The van der Waals surface area contributed by atoms with Crippen molar-refractivity contribution in [3.05, 3.63) is 46.1 Å². The summed E-state index contributed by atoms with van der Waals surface area (Å²) >= 11 is 11.9. The van der Waals surface area contributed by atoms with E-state index in [2.05, 4.69) is 10.3 Å². The molecule has 1 aromatic carbocycles. The van der Waals surface area contributed by atoms with Crippen molar-refractivity contribution >= 4 is 40.4 Å². The fraction of sp³-hybridized carbons (Fsp3) is 0.0833. The Morgan fingerprint density at radius 1 is 1.24 bits per heavy atom. The van der Waals surface area contributed by atoms with Crippen molar-refractivity contribution in [3.8, 4) is 0 Å². The minimum absolute atomic E-state index is 0.354. The van der Waals surface area contributed by atoms with Crippen LogP contribution in [0, 0.1) is 6.92 Å². The third-order valence-electron chi connectivity index (χ3n) is 2.35. The molecule has 0 spiro atoms. The van der Waals surface area contributed by atoms with Crippen molar-refractivity contribution < 1.29 is 0 Å². The number of anilines is 3. The van der Waals surface area contributed by atoms with E-state index >= 15 is 0 Å². The van der Waals surface area contributed by atoms with Crippen molar-refractivity contribution in [3.63, 3.8) is 0 Å². The number of hydrogen-bond donors (Lipinski definition) is 2. The number of pyridine rings is 1. The maximum Gasteiger partial charge on any atom is 0.134 e. The summed E-state index contributed by atoms with van der Waals surface area (Å²) in [7, 11) is 0. The predicted molar refractivity (Wildman–Crippen MR) is 73.1 cm³/mol. The van der Waals surface area contributed by atoms with Gasteiger partial charge in [-0.25, -0.2) is 4.98 Å². The summed E-state index contributed by atoms with van der Waals surface area (Å²) in [6.07, 6.45) is 0. The molecule has 0 saturated carbocycles. The maximum absolute atomic E-state index is 6.03. The van der Waals surface area contributed by atoms with Crippen LogP contribution in [0.1, 0.15) is 5.56 Å². The normalized spacial score (nSPS) is 10.3. The standard InChI is InChI=1S/C12H11Cl2N3/c1-7-9(13)3-2-4-10(7)16-12-6-8(15)5-11(14)17-12/h2-6H,1H3,(H3,15,16,17). The molecule has 1 heterocycles. The van der Waals surface area contributed by atoms with Crippen molar-refractivity contribution in [2.45, 2.75) is 6.92 Å². The molecule has 3 N–H and O–H groups in total. The highest BCUT2D eigenvalue weighted by atomic mass is 35.5. The van der Waals surface area contributed by atoms with Crippen molar-refractivity contribution in [2.24, 2.45) is 0 Å². The van der Waals surface area contributed by atoms with Gasteiger partial charge in [0, 0.05) is 22.5 Å². The van der Waals surface area contributed by atoms with Crippen LogP contribution in [0.3, 0.4) is 0 Å². The van der Waals surface area contributed by atoms with Gasteiger partial charge in [0.25, 0.3) is 0 Å². The average molecular weight is 268 g/mol. The largest absolute Gasteiger partial charge is 0.399 e. The smallest absolute Gasteiger partial charge is 0.134 e. The van der Waals surface area contributed by atoms with Crippen LogP contribution in [0.5, 0.6) is 0 Å². The van der Waals surface area contributed by atoms with Gasteiger partial charge in [-0.3, -0.25) is 0 Å². The monoisotopic (exact) mass is 267 g/mol. The van der Waals surface area contributed by atoms with Crippen LogP contribution >= 0.6 is 23.2 Å². The molecule has 0 aliphatic rings. The second kappa shape index (κ2) is 4.82. The second-order valence-electron chi connectivity index (χ2n) is 3.65. The van der Waals surface area contributed by atoms with Gasteiger partial charge >= 0.3 is 0 Å². The summed E-state index contributed by atoms with van der Waals surface area (Å²) < 4.78 is 0. The Hall–Kier alpha value is -1.45. The van der Waals surface area contributed by atoms with E-state index < -0.39 is 0 Å². The van der Waals surface area contributed by atoms with Gasteiger partial charge in [0.1, 0.15) is 11.0 Å². The van der Waals surface area contributed by atoms with Crippen molar-refractivity contribution in [1.29, 1.82) is 0 Å². The zero-order valence-corrected chi connectivity index (χ0v) is 10.7. The Morgan fingerprint density at radius 2 is 2.00 bits per heavy atom. The number of rotatable bonds is 2. The van der Waals surface area contributed by atoms with E-state index in [1.165, 1.54) is 0 Å². The lowest BCUT2D eigenvalue weighted by Gasteiger charge is -2.10. The lowest BCUT2D eigenvalue weighted by molar-refractivity contribution is 1.30. The average Bonchev–Trinajstić information content (AvgIpc) is 2.23. The van der Waals surface area contributed by atoms with Gasteiger partial charge in [-0.15, -0.1) is 0 Å². The van der Waals surface area contributed by atoms with Crippen LogP contribution in [0.4, 0.5) is 17.2 Å². The molecule has 0 fully saturated rings. The molecule has 3 nitrogen and oxygen atoms in total. The molecule has 5 heteroatoms. The zero-order chi connectivity index (χ0) is 12.4. The molecule has 0 aliphatic carbocycles. The van der Waals surface area contributed by atoms with E-state index in [1.807, 2.05) is 25.1 Å². The van der Waals surface area contributed by atoms with Crippen molar-refractivity contribution in [1.82, 2.24) is 4.98 Å². The molecule has 2 aromatic rings. The summed E-state index contributed by atoms with van der Waals surface area (Å²) in [6.45, 7) is 1.93. The lowest BCUT2D eigenvalue weighted by Crippen LogP contribution is -1.97. The second-order valence-corrected chi connectivity index (χ2v) is 4.44. The molecule has 0 saturated heterocycles. The minimum Gasteiger partial charge on any atom is -0.399 e. The first-order valence-electron chi connectivity index (χ1n) is 5.01. The highest BCUT2D eigenvalue weighted by Crippen LogP contribution is 2.26. The first-order valence-corrected chi connectivity index (χ1v) is 5.77. The van der Waals surface area contributed by atoms with Crippen LogP contribution < -0.4 is 11.1 Å². The van der Waals surface area contributed by atoms with Crippen LogP contribution in [-0.4, -0.2) is 4.98 Å². The van der Waals surface area contributed by atoms with E-state index in [0.717, 1.165) is 11.3 Å². The summed E-state index contributed by atoms with van der Waals surface area (Å²) in [6, 6.07) is 8.93. The molecular weight excluding hydrogens is 257 g/mol. The van der Waals surface area contributed by atoms with E-state index in [9.17, 15) is 0 Å². The SMILES string of the molecule is Cc1c(Cl)cccc1Nc1cc(N)cc(Cl)n1. The Kier molecular flexibility index (Phi) is 3.41. The molecular formula is C12H11Cl2N3. The molecule has 2 rings (SSSR count). The van der Waals surface area contributed by atoms with E-state index in [0.29, 0.717) is 21.7 Å². The molecule has 0 aliphatic heterocycles. The van der Waals surface area contributed by atoms with Gasteiger partial charge in [-0.1, -0.05) is 29.3 Å². The molecule has 0 amide bonds. The number of nitrogens with zero attached hydrogens (tertiary/aromatic N) is 1. The molecule has 17 heavy (non-hydrogen) atoms. The number of aromatic nitrogens is 1. The van der Waals surface area contributed by atoms with E-state index in [-0.39, 0.29) is 0 Å². The fourth-order valence-electron chi connectivity index (χ4n) is 1.46. The first kappa shape index (κ1) is 12.0. The summed E-state index contributed by atoms with van der Waals surface area (Å²) in [4.78, 5) is 4.13. The highest BCUT2D eigenvalue weighted by molar-refractivity contribution is 6.31. The maximum atomic E-state index is 6.03. The Balaban J connectivity index is 2.34. The van der Waals surface area contributed by atoms with Gasteiger partial charge in [0.05, 0.1) is 0 Å². The lowest BCUT2D eigenvalue weighted by atomic mass is 10.2. The highest BCUT2D eigenvalue weighted by Gasteiger charge is 2.04. The number of nitrogens with two attached hydrogens (primary N) is 1. The molecule has 0 atom stereocenters. The van der Waals surface area contributed by atoms with Gasteiger partial charge < -0.3 is 11.1 Å². The Morgan fingerprint density at radius 3 is 2.71 bits per heavy atom. The zero-order valence-electron chi connectivity index (χ0n) is 9.17. The molecule has 1 aromatic heterocycles. The van der Waals surface area contributed by atoms with Gasteiger partial charge in [0.2, 0.25) is 0 Å². The first-order chi connectivity index (χ1) is 8.06. The van der Waals surface area contributed by atoms with Crippen LogP contribution in [-0.2, 0) is 0 Å². The summed E-state index contributed by atoms with van der Waals surface area (Å²) in [5.74, 6) is 0.598. The molecule has 0 unspecified atom stereocenters. The van der Waals surface area contributed by atoms with E-state index in [4.69, 9.17) is 28.9 Å². The Bertz CT molecular complexity index is 535. The van der Waals surface area contributed by atoms with Crippen LogP contribution in [0.25, 0.3) is 0 Å². The quantitative estimate of drug-likeness (QED) is 0.808. The number of nitrogens with one attached hydrogen (secondary N) is 1. The molecule has 88 valence electrons. The summed E-state index contributed by atoms with van der Waals surface area (Å²) in [5.41, 5.74) is 8.09. The fourth-order valence-corrected chi connectivity index (χ4v) is 1.85. The van der Waals surface area contributed by atoms with E-state index in [1.54, 1.807) is 12.1 Å². The van der Waals surface area contributed by atoms with Gasteiger partial charge in [0.15, 0.2) is 0 Å². The third kappa shape index (κ3) is 2.81. The number of benzene rings is 1. The number of hydrogen-bond acceptors (Lipinski definition) is 3.